The predicted octanol–water partition coefficient (Wildman–Crippen LogP) is 3.00. The van der Waals surface area contributed by atoms with Gasteiger partial charge in [-0.15, -0.1) is 0 Å². The highest BCUT2D eigenvalue weighted by Gasteiger charge is 2.21. The van der Waals surface area contributed by atoms with Crippen LogP contribution in [0.5, 0.6) is 0 Å². The lowest BCUT2D eigenvalue weighted by Crippen LogP contribution is -2.15. The molecular weight excluding hydrogens is 108 g/mol. The van der Waals surface area contributed by atoms with Crippen LogP contribution >= 0.6 is 0 Å². The van der Waals surface area contributed by atoms with Crippen LogP contribution in [0.15, 0.2) is 0 Å². The summed E-state index contributed by atoms with van der Waals surface area (Å²) in [6.07, 6.45) is 4.04. The lowest BCUT2D eigenvalue weighted by atomic mass is 9.77. The van der Waals surface area contributed by atoms with Crippen LogP contribution in [0.25, 0.3) is 0 Å². The summed E-state index contributed by atoms with van der Waals surface area (Å²) in [4.78, 5) is 0. The molecule has 52 valence electrons. The standard InChI is InChI=1S/C9H16/c1-7-4-5-8(2)9(3)6-7/h8H,4-6H2,1-3H3. The minimum Gasteiger partial charge on any atom is -0.0620 e. The van der Waals surface area contributed by atoms with Gasteiger partial charge in [0.05, 0.1) is 0 Å². The summed E-state index contributed by atoms with van der Waals surface area (Å²) in [5.41, 5.74) is 0. The zero-order chi connectivity index (χ0) is 6.85. The molecule has 1 aliphatic carbocycles. The maximum atomic E-state index is 2.34. The van der Waals surface area contributed by atoms with Gasteiger partial charge >= 0.3 is 0 Å². The van der Waals surface area contributed by atoms with Crippen molar-refractivity contribution in [3.05, 3.63) is 11.8 Å². The Balaban J connectivity index is 2.35. The topological polar surface area (TPSA) is 0 Å². The van der Waals surface area contributed by atoms with Crippen LogP contribution in [-0.2, 0) is 0 Å². The molecule has 0 bridgehead atoms. The van der Waals surface area contributed by atoms with E-state index in [1.165, 1.54) is 19.3 Å². The van der Waals surface area contributed by atoms with Gasteiger partial charge in [-0.1, -0.05) is 20.8 Å². The maximum absolute atomic E-state index is 2.34. The molecule has 1 unspecified atom stereocenters. The average molecular weight is 124 g/mol. The van der Waals surface area contributed by atoms with Gasteiger partial charge in [0.25, 0.3) is 0 Å². The van der Waals surface area contributed by atoms with Crippen LogP contribution in [0, 0.1) is 17.8 Å². The first-order valence-corrected chi connectivity index (χ1v) is 3.83. The second-order valence-corrected chi connectivity index (χ2v) is 3.42. The van der Waals surface area contributed by atoms with Crippen LogP contribution in [0.4, 0.5) is 0 Å². The Morgan fingerprint density at radius 1 is 1.33 bits per heavy atom. The van der Waals surface area contributed by atoms with Gasteiger partial charge in [0.15, 0.2) is 0 Å². The van der Waals surface area contributed by atoms with E-state index >= 15 is 0 Å². The largest absolute Gasteiger partial charge is 0.0620 e. The van der Waals surface area contributed by atoms with E-state index < -0.39 is 0 Å². The van der Waals surface area contributed by atoms with E-state index in [1.54, 1.807) is 11.8 Å². The van der Waals surface area contributed by atoms with Crippen LogP contribution in [0.1, 0.15) is 40.0 Å². The van der Waals surface area contributed by atoms with Gasteiger partial charge < -0.3 is 0 Å². The molecule has 0 amide bonds. The molecule has 1 aliphatic rings. The van der Waals surface area contributed by atoms with Gasteiger partial charge in [-0.25, -0.2) is 0 Å². The number of hydrogen-bond acceptors (Lipinski definition) is 0. The van der Waals surface area contributed by atoms with E-state index in [-0.39, 0.29) is 0 Å². The molecule has 0 N–H and O–H groups in total. The fraction of sp³-hybridized carbons (Fsp3) is 0.778. The van der Waals surface area contributed by atoms with E-state index in [1.807, 2.05) is 0 Å². The van der Waals surface area contributed by atoms with Crippen molar-refractivity contribution in [1.82, 2.24) is 0 Å². The zero-order valence-electron chi connectivity index (χ0n) is 6.70. The van der Waals surface area contributed by atoms with Crippen LogP contribution < -0.4 is 0 Å². The zero-order valence-corrected chi connectivity index (χ0v) is 6.70. The summed E-state index contributed by atoms with van der Waals surface area (Å²) in [6.45, 7) is 6.89. The summed E-state index contributed by atoms with van der Waals surface area (Å²) in [7, 11) is 0. The third kappa shape index (κ3) is 1.70. The highest BCUT2D eigenvalue weighted by molar-refractivity contribution is 5.06. The van der Waals surface area contributed by atoms with Crippen molar-refractivity contribution < 1.29 is 0 Å². The second-order valence-electron chi connectivity index (χ2n) is 3.42. The molecule has 1 atom stereocenters. The van der Waals surface area contributed by atoms with Crippen molar-refractivity contribution >= 4 is 0 Å². The molecular formula is C9H16. The first-order chi connectivity index (χ1) is 4.20. The SMILES string of the molecule is C[C]1CCC(C)[C](C)C1. The monoisotopic (exact) mass is 124 g/mol. The Morgan fingerprint density at radius 2 is 2.00 bits per heavy atom. The molecule has 0 nitrogen and oxygen atoms in total. The molecule has 0 aliphatic heterocycles. The summed E-state index contributed by atoms with van der Waals surface area (Å²) in [5.74, 6) is 4.23. The summed E-state index contributed by atoms with van der Waals surface area (Å²) in [6, 6.07) is 0. The van der Waals surface area contributed by atoms with E-state index in [4.69, 9.17) is 0 Å². The van der Waals surface area contributed by atoms with Crippen LogP contribution in [-0.4, -0.2) is 0 Å². The Labute approximate surface area is 58.7 Å². The predicted molar refractivity (Wildman–Crippen MR) is 40.8 cm³/mol. The van der Waals surface area contributed by atoms with Gasteiger partial charge in [0, 0.05) is 0 Å². The molecule has 0 aromatic heterocycles. The van der Waals surface area contributed by atoms with E-state index in [0.29, 0.717) is 0 Å². The number of rotatable bonds is 0. The van der Waals surface area contributed by atoms with E-state index in [9.17, 15) is 0 Å². The summed E-state index contributed by atoms with van der Waals surface area (Å²) >= 11 is 0. The molecule has 1 saturated carbocycles. The van der Waals surface area contributed by atoms with Crippen molar-refractivity contribution in [3.8, 4) is 0 Å². The molecule has 0 heterocycles. The van der Waals surface area contributed by atoms with Gasteiger partial charge in [-0.2, -0.15) is 0 Å². The van der Waals surface area contributed by atoms with Crippen molar-refractivity contribution in [2.24, 2.45) is 5.92 Å². The van der Waals surface area contributed by atoms with Crippen molar-refractivity contribution in [2.75, 3.05) is 0 Å². The molecule has 0 saturated heterocycles. The second kappa shape index (κ2) is 2.72. The van der Waals surface area contributed by atoms with Crippen LogP contribution in [0.2, 0.25) is 0 Å². The van der Waals surface area contributed by atoms with Gasteiger partial charge in [-0.3, -0.25) is 0 Å². The molecule has 1 fully saturated rings. The van der Waals surface area contributed by atoms with Crippen molar-refractivity contribution in [1.29, 1.82) is 0 Å². The third-order valence-electron chi connectivity index (χ3n) is 2.43. The smallest absolute Gasteiger partial charge is 0.0238 e. The Kier molecular flexibility index (Phi) is 2.15. The highest BCUT2D eigenvalue weighted by Crippen LogP contribution is 2.35. The normalized spacial score (nSPS) is 33.0. The Bertz CT molecular complexity index is 86.0. The van der Waals surface area contributed by atoms with Crippen LogP contribution in [0.3, 0.4) is 0 Å². The molecule has 9 heavy (non-hydrogen) atoms. The van der Waals surface area contributed by atoms with Gasteiger partial charge in [-0.05, 0) is 37.0 Å². The van der Waals surface area contributed by atoms with Crippen molar-refractivity contribution in [3.63, 3.8) is 0 Å². The Hall–Kier alpha value is 0. The fourth-order valence-corrected chi connectivity index (χ4v) is 1.45. The summed E-state index contributed by atoms with van der Waals surface area (Å²) in [5, 5.41) is 0. The first-order valence-electron chi connectivity index (χ1n) is 3.83. The molecule has 0 spiro atoms. The van der Waals surface area contributed by atoms with E-state index in [0.717, 1.165) is 5.92 Å². The molecule has 1 rings (SSSR count). The summed E-state index contributed by atoms with van der Waals surface area (Å²) < 4.78 is 0. The fourth-order valence-electron chi connectivity index (χ4n) is 1.45. The third-order valence-corrected chi connectivity index (χ3v) is 2.43. The Morgan fingerprint density at radius 3 is 2.44 bits per heavy atom. The number of hydrogen-bond donors (Lipinski definition) is 0. The average Bonchev–Trinajstić information content (AvgIpc) is 1.80. The lowest BCUT2D eigenvalue weighted by molar-refractivity contribution is 0.448. The van der Waals surface area contributed by atoms with Gasteiger partial charge in [0.2, 0.25) is 0 Å². The van der Waals surface area contributed by atoms with E-state index in [2.05, 4.69) is 20.8 Å². The molecule has 0 aromatic carbocycles. The molecule has 2 radical (unpaired) electrons. The first kappa shape index (κ1) is 7.11. The lowest BCUT2D eigenvalue weighted by Gasteiger charge is -2.28. The quantitative estimate of drug-likeness (QED) is 0.465. The minimum absolute atomic E-state index is 0.883. The highest BCUT2D eigenvalue weighted by atomic mass is 14.3. The minimum atomic E-state index is 0.883. The van der Waals surface area contributed by atoms with Crippen molar-refractivity contribution in [2.45, 2.75) is 40.0 Å². The van der Waals surface area contributed by atoms with Gasteiger partial charge in [0.1, 0.15) is 0 Å². The maximum Gasteiger partial charge on any atom is -0.0238 e. The molecule has 0 heteroatoms. The molecule has 0 aromatic rings.